The first-order valence-corrected chi connectivity index (χ1v) is 7.22. The predicted octanol–water partition coefficient (Wildman–Crippen LogP) is 2.64. The van der Waals surface area contributed by atoms with Gasteiger partial charge in [-0.1, -0.05) is 60.7 Å². The fourth-order valence-corrected chi connectivity index (χ4v) is 2.24. The Morgan fingerprint density at radius 1 is 0.909 bits per heavy atom. The molecule has 0 radical (unpaired) electrons. The monoisotopic (exact) mass is 297 g/mol. The molecule has 2 aromatic carbocycles. The highest BCUT2D eigenvalue weighted by Gasteiger charge is 2.21. The van der Waals surface area contributed by atoms with Crippen LogP contribution in [0.4, 0.5) is 0 Å². The summed E-state index contributed by atoms with van der Waals surface area (Å²) in [6, 6.07) is 18.9. The van der Waals surface area contributed by atoms with E-state index < -0.39 is 11.9 Å². The van der Waals surface area contributed by atoms with Gasteiger partial charge in [0.05, 0.1) is 5.92 Å². The van der Waals surface area contributed by atoms with Crippen molar-refractivity contribution in [3.8, 4) is 0 Å². The van der Waals surface area contributed by atoms with Gasteiger partial charge in [0.2, 0.25) is 5.91 Å². The van der Waals surface area contributed by atoms with Crippen molar-refractivity contribution in [1.29, 1.82) is 0 Å². The van der Waals surface area contributed by atoms with E-state index >= 15 is 0 Å². The molecule has 2 N–H and O–H groups in total. The number of nitrogens with one attached hydrogen (secondary N) is 1. The van der Waals surface area contributed by atoms with E-state index in [1.165, 1.54) is 0 Å². The van der Waals surface area contributed by atoms with Gasteiger partial charge < -0.3 is 10.4 Å². The molecule has 0 aromatic heterocycles. The van der Waals surface area contributed by atoms with Crippen molar-refractivity contribution in [2.45, 2.75) is 19.4 Å². The lowest BCUT2D eigenvalue weighted by molar-refractivity contribution is -0.144. The molecule has 4 heteroatoms. The molecule has 1 amide bonds. The third-order valence-corrected chi connectivity index (χ3v) is 3.44. The average Bonchev–Trinajstić information content (AvgIpc) is 2.54. The van der Waals surface area contributed by atoms with Crippen LogP contribution in [0.2, 0.25) is 0 Å². The van der Waals surface area contributed by atoms with E-state index in [0.29, 0.717) is 13.0 Å². The molecule has 0 fully saturated rings. The number of amides is 1. The van der Waals surface area contributed by atoms with E-state index in [-0.39, 0.29) is 12.3 Å². The lowest BCUT2D eigenvalue weighted by Crippen LogP contribution is -2.29. The van der Waals surface area contributed by atoms with Gasteiger partial charge in [-0.2, -0.15) is 0 Å². The van der Waals surface area contributed by atoms with E-state index in [2.05, 4.69) is 5.32 Å². The second-order valence-electron chi connectivity index (χ2n) is 5.19. The van der Waals surface area contributed by atoms with Gasteiger partial charge in [-0.05, 0) is 17.5 Å². The summed E-state index contributed by atoms with van der Waals surface area (Å²) < 4.78 is 0. The maximum absolute atomic E-state index is 11.9. The van der Waals surface area contributed by atoms with Crippen LogP contribution in [0.1, 0.15) is 17.5 Å². The van der Waals surface area contributed by atoms with E-state index in [9.17, 15) is 14.7 Å². The van der Waals surface area contributed by atoms with Gasteiger partial charge >= 0.3 is 5.97 Å². The van der Waals surface area contributed by atoms with Gasteiger partial charge in [-0.3, -0.25) is 9.59 Å². The molecule has 22 heavy (non-hydrogen) atoms. The zero-order chi connectivity index (χ0) is 15.8. The van der Waals surface area contributed by atoms with Crippen molar-refractivity contribution >= 4 is 11.9 Å². The molecule has 0 aliphatic carbocycles. The lowest BCUT2D eigenvalue weighted by atomic mass is 9.96. The van der Waals surface area contributed by atoms with Gasteiger partial charge in [-0.25, -0.2) is 0 Å². The van der Waals surface area contributed by atoms with Crippen LogP contribution in [0.25, 0.3) is 0 Å². The molecular weight excluding hydrogens is 278 g/mol. The maximum atomic E-state index is 11.9. The summed E-state index contributed by atoms with van der Waals surface area (Å²) in [5.41, 5.74) is 1.91. The number of rotatable bonds is 7. The molecule has 114 valence electrons. The van der Waals surface area contributed by atoms with E-state index in [4.69, 9.17) is 0 Å². The van der Waals surface area contributed by atoms with Crippen molar-refractivity contribution in [3.05, 3.63) is 71.8 Å². The summed E-state index contributed by atoms with van der Waals surface area (Å²) in [4.78, 5) is 23.3. The van der Waals surface area contributed by atoms with Gasteiger partial charge in [-0.15, -0.1) is 0 Å². The molecule has 1 atom stereocenters. The number of carboxylic acid groups (broad SMARTS) is 1. The molecular formula is C18H19NO3. The highest BCUT2D eigenvalue weighted by atomic mass is 16.4. The van der Waals surface area contributed by atoms with Crippen LogP contribution < -0.4 is 5.32 Å². The van der Waals surface area contributed by atoms with Gasteiger partial charge in [0, 0.05) is 13.0 Å². The minimum atomic E-state index is -0.946. The Hall–Kier alpha value is -2.62. The van der Waals surface area contributed by atoms with Crippen molar-refractivity contribution in [2.24, 2.45) is 5.92 Å². The van der Waals surface area contributed by atoms with Crippen molar-refractivity contribution in [1.82, 2.24) is 5.32 Å². The third-order valence-electron chi connectivity index (χ3n) is 3.44. The Balaban J connectivity index is 1.88. The highest BCUT2D eigenvalue weighted by molar-refractivity contribution is 5.82. The van der Waals surface area contributed by atoms with Gasteiger partial charge in [0.15, 0.2) is 0 Å². The Morgan fingerprint density at radius 2 is 1.45 bits per heavy atom. The summed E-state index contributed by atoms with van der Waals surface area (Å²) >= 11 is 0. The molecule has 2 rings (SSSR count). The first kappa shape index (κ1) is 15.8. The minimum absolute atomic E-state index is 0.0168. The van der Waals surface area contributed by atoms with Crippen molar-refractivity contribution < 1.29 is 14.7 Å². The van der Waals surface area contributed by atoms with Crippen molar-refractivity contribution in [3.63, 3.8) is 0 Å². The fraction of sp³-hybridized carbons (Fsp3) is 0.222. The summed E-state index contributed by atoms with van der Waals surface area (Å²) in [7, 11) is 0. The topological polar surface area (TPSA) is 66.4 Å². The number of hydrogen-bond donors (Lipinski definition) is 2. The first-order valence-electron chi connectivity index (χ1n) is 7.22. The second-order valence-corrected chi connectivity index (χ2v) is 5.19. The summed E-state index contributed by atoms with van der Waals surface area (Å²) in [5.74, 6) is -1.90. The Morgan fingerprint density at radius 3 is 2.00 bits per heavy atom. The SMILES string of the molecule is O=C(C[C@H](Cc1ccccc1)C(=O)O)NCc1ccccc1. The van der Waals surface area contributed by atoms with E-state index in [0.717, 1.165) is 11.1 Å². The first-order chi connectivity index (χ1) is 10.6. The molecule has 0 spiro atoms. The Kier molecular flexibility index (Phi) is 5.72. The Labute approximate surface area is 129 Å². The van der Waals surface area contributed by atoms with Crippen LogP contribution in [0, 0.1) is 5.92 Å². The molecule has 4 nitrogen and oxygen atoms in total. The molecule has 0 aliphatic rings. The summed E-state index contributed by atoms with van der Waals surface area (Å²) in [5, 5.41) is 12.1. The van der Waals surface area contributed by atoms with Crippen LogP contribution in [0.15, 0.2) is 60.7 Å². The number of benzene rings is 2. The van der Waals surface area contributed by atoms with Crippen LogP contribution in [0.5, 0.6) is 0 Å². The Bertz CT molecular complexity index is 611. The maximum Gasteiger partial charge on any atom is 0.307 e. The van der Waals surface area contributed by atoms with Gasteiger partial charge in [0.1, 0.15) is 0 Å². The standard InChI is InChI=1S/C18H19NO3/c20-17(19-13-15-9-5-2-6-10-15)12-16(18(21)22)11-14-7-3-1-4-8-14/h1-10,16H,11-13H2,(H,19,20)(H,21,22)/t16-/m0/s1. The number of carbonyl (C=O) groups is 2. The van der Waals surface area contributed by atoms with E-state index in [1.54, 1.807) is 0 Å². The van der Waals surface area contributed by atoms with Gasteiger partial charge in [0.25, 0.3) is 0 Å². The molecule has 2 aromatic rings. The predicted molar refractivity (Wildman–Crippen MR) is 84.2 cm³/mol. The molecule has 0 aliphatic heterocycles. The number of aliphatic carboxylic acids is 1. The number of carbonyl (C=O) groups excluding carboxylic acids is 1. The second kappa shape index (κ2) is 7.98. The zero-order valence-electron chi connectivity index (χ0n) is 12.2. The van der Waals surface area contributed by atoms with Crippen LogP contribution in [0.3, 0.4) is 0 Å². The fourth-order valence-electron chi connectivity index (χ4n) is 2.24. The number of carboxylic acids is 1. The van der Waals surface area contributed by atoms with E-state index in [1.807, 2.05) is 60.7 Å². The lowest BCUT2D eigenvalue weighted by Gasteiger charge is -2.12. The van der Waals surface area contributed by atoms with Crippen LogP contribution in [-0.4, -0.2) is 17.0 Å². The molecule has 0 saturated carbocycles. The molecule has 0 unspecified atom stereocenters. The highest BCUT2D eigenvalue weighted by Crippen LogP contribution is 2.13. The minimum Gasteiger partial charge on any atom is -0.481 e. The zero-order valence-corrected chi connectivity index (χ0v) is 12.2. The number of hydrogen-bond acceptors (Lipinski definition) is 2. The smallest absolute Gasteiger partial charge is 0.307 e. The summed E-state index contributed by atoms with van der Waals surface area (Å²) in [6.45, 7) is 0.414. The molecule has 0 heterocycles. The van der Waals surface area contributed by atoms with Crippen molar-refractivity contribution in [2.75, 3.05) is 0 Å². The molecule has 0 saturated heterocycles. The van der Waals surface area contributed by atoms with Crippen LogP contribution >= 0.6 is 0 Å². The molecule has 0 bridgehead atoms. The normalized spacial score (nSPS) is 11.6. The largest absolute Gasteiger partial charge is 0.481 e. The summed E-state index contributed by atoms with van der Waals surface area (Å²) in [6.07, 6.45) is 0.339. The average molecular weight is 297 g/mol. The van der Waals surface area contributed by atoms with Crippen LogP contribution in [-0.2, 0) is 22.6 Å². The quantitative estimate of drug-likeness (QED) is 0.825. The third kappa shape index (κ3) is 5.05.